The van der Waals surface area contributed by atoms with Gasteiger partial charge >= 0.3 is 6.18 Å². The number of halogens is 3. The first-order chi connectivity index (χ1) is 12.3. The Morgan fingerprint density at radius 3 is 2.54 bits per heavy atom. The third kappa shape index (κ3) is 3.63. The van der Waals surface area contributed by atoms with Crippen LogP contribution in [-0.2, 0) is 12.6 Å². The Bertz CT molecular complexity index is 947. The number of carbonyl (C=O) groups excluding carboxylic acids is 1. The molecule has 3 aromatic rings. The van der Waals surface area contributed by atoms with Gasteiger partial charge in [-0.3, -0.25) is 9.20 Å². The first-order valence-electron chi connectivity index (χ1n) is 7.88. The van der Waals surface area contributed by atoms with E-state index >= 15 is 0 Å². The number of pyridine rings is 1. The summed E-state index contributed by atoms with van der Waals surface area (Å²) in [4.78, 5) is 16.6. The summed E-state index contributed by atoms with van der Waals surface area (Å²) in [6, 6.07) is 8.74. The van der Waals surface area contributed by atoms with Gasteiger partial charge in [-0.15, -0.1) is 0 Å². The van der Waals surface area contributed by atoms with Crippen LogP contribution in [-0.4, -0.2) is 26.9 Å². The molecule has 5 nitrogen and oxygen atoms in total. The molecule has 1 amide bonds. The Balaban J connectivity index is 1.78. The number of aromatic nitrogens is 2. The highest BCUT2D eigenvalue weighted by atomic mass is 19.4. The lowest BCUT2D eigenvalue weighted by Crippen LogP contribution is -2.27. The van der Waals surface area contributed by atoms with Gasteiger partial charge in [0.15, 0.2) is 0 Å². The molecule has 136 valence electrons. The Morgan fingerprint density at radius 1 is 1.19 bits per heavy atom. The summed E-state index contributed by atoms with van der Waals surface area (Å²) >= 11 is 0. The van der Waals surface area contributed by atoms with E-state index in [1.54, 1.807) is 31.2 Å². The topological polar surface area (TPSA) is 66.6 Å². The second-order valence-electron chi connectivity index (χ2n) is 5.86. The van der Waals surface area contributed by atoms with Crippen molar-refractivity contribution in [2.75, 3.05) is 6.54 Å². The second-order valence-corrected chi connectivity index (χ2v) is 5.86. The Labute approximate surface area is 147 Å². The van der Waals surface area contributed by atoms with E-state index in [4.69, 9.17) is 0 Å². The molecule has 1 aromatic carbocycles. The van der Waals surface area contributed by atoms with Crippen molar-refractivity contribution in [1.82, 2.24) is 14.7 Å². The van der Waals surface area contributed by atoms with E-state index in [1.165, 1.54) is 6.07 Å². The maximum Gasteiger partial charge on any atom is 0.417 e. The zero-order valence-corrected chi connectivity index (χ0v) is 13.8. The smallest absolute Gasteiger partial charge is 0.417 e. The van der Waals surface area contributed by atoms with Crippen LogP contribution < -0.4 is 5.32 Å². The van der Waals surface area contributed by atoms with Gasteiger partial charge < -0.3 is 10.4 Å². The number of phenolic OH excluding ortho intramolecular Hbond substituents is 1. The van der Waals surface area contributed by atoms with Crippen LogP contribution in [0.1, 0.15) is 27.3 Å². The number of aromatic hydroxyl groups is 1. The number of nitrogens with zero attached hydrogens (tertiary/aromatic N) is 2. The van der Waals surface area contributed by atoms with Gasteiger partial charge in [-0.1, -0.05) is 12.1 Å². The van der Waals surface area contributed by atoms with Gasteiger partial charge in [0, 0.05) is 12.7 Å². The van der Waals surface area contributed by atoms with Crippen LogP contribution in [0.2, 0.25) is 0 Å². The fourth-order valence-corrected chi connectivity index (χ4v) is 2.67. The normalized spacial score (nSPS) is 11.7. The van der Waals surface area contributed by atoms with E-state index in [9.17, 15) is 23.1 Å². The van der Waals surface area contributed by atoms with Gasteiger partial charge in [-0.05, 0) is 43.2 Å². The Kier molecular flexibility index (Phi) is 4.58. The van der Waals surface area contributed by atoms with Gasteiger partial charge in [0.2, 0.25) is 0 Å². The third-order valence-electron chi connectivity index (χ3n) is 3.97. The van der Waals surface area contributed by atoms with Crippen LogP contribution in [0.25, 0.3) is 5.65 Å². The summed E-state index contributed by atoms with van der Waals surface area (Å²) in [5, 5.41) is 11.9. The van der Waals surface area contributed by atoms with Crippen LogP contribution in [0, 0.1) is 6.92 Å². The first-order valence-corrected chi connectivity index (χ1v) is 7.88. The number of aryl methyl sites for hydroxylation is 1. The van der Waals surface area contributed by atoms with Crippen LogP contribution in [0.4, 0.5) is 13.2 Å². The summed E-state index contributed by atoms with van der Waals surface area (Å²) in [6.45, 7) is 1.88. The van der Waals surface area contributed by atoms with Crippen molar-refractivity contribution in [3.05, 3.63) is 65.1 Å². The number of amides is 1. The number of fused-ring (bicyclic) bond motifs is 1. The molecule has 2 heterocycles. The van der Waals surface area contributed by atoms with E-state index in [-0.39, 0.29) is 17.1 Å². The van der Waals surface area contributed by atoms with E-state index < -0.39 is 17.6 Å². The van der Waals surface area contributed by atoms with E-state index in [0.717, 1.165) is 22.2 Å². The number of rotatable bonds is 4. The molecule has 0 aliphatic heterocycles. The predicted octanol–water partition coefficient (Wildman–Crippen LogP) is 3.34. The number of carbonyl (C=O) groups is 1. The molecule has 2 N–H and O–H groups in total. The minimum atomic E-state index is -4.50. The highest BCUT2D eigenvalue weighted by molar-refractivity contribution is 5.94. The predicted molar refractivity (Wildman–Crippen MR) is 89.1 cm³/mol. The van der Waals surface area contributed by atoms with E-state index in [2.05, 4.69) is 10.3 Å². The Morgan fingerprint density at radius 2 is 1.88 bits per heavy atom. The monoisotopic (exact) mass is 363 g/mol. The van der Waals surface area contributed by atoms with Crippen LogP contribution in [0.15, 0.2) is 42.6 Å². The SMILES string of the molecule is Cc1nc2ccc(C(F)(F)F)cn2c1C(=O)NCCc1ccc(O)cc1. The molecule has 3 rings (SSSR count). The molecule has 0 unspecified atom stereocenters. The van der Waals surface area contributed by atoms with Crippen molar-refractivity contribution in [3.63, 3.8) is 0 Å². The summed E-state index contributed by atoms with van der Waals surface area (Å²) in [5.74, 6) is -0.340. The quantitative estimate of drug-likeness (QED) is 0.747. The fraction of sp³-hybridized carbons (Fsp3) is 0.222. The zero-order valence-electron chi connectivity index (χ0n) is 13.8. The maximum absolute atomic E-state index is 12.9. The van der Waals surface area contributed by atoms with Crippen molar-refractivity contribution in [1.29, 1.82) is 0 Å². The summed E-state index contributed by atoms with van der Waals surface area (Å²) < 4.78 is 39.9. The molecule has 8 heteroatoms. The van der Waals surface area contributed by atoms with Crippen LogP contribution in [0.5, 0.6) is 5.75 Å². The molecule has 0 fully saturated rings. The first kappa shape index (κ1) is 17.8. The minimum absolute atomic E-state index is 0.0804. The lowest BCUT2D eigenvalue weighted by atomic mass is 10.1. The number of hydrogen-bond acceptors (Lipinski definition) is 3. The highest BCUT2D eigenvalue weighted by Crippen LogP contribution is 2.29. The number of benzene rings is 1. The van der Waals surface area contributed by atoms with Gasteiger partial charge in [0.25, 0.3) is 5.91 Å². The molecule has 0 radical (unpaired) electrons. The number of hydrogen-bond donors (Lipinski definition) is 2. The minimum Gasteiger partial charge on any atom is -0.508 e. The van der Waals surface area contributed by atoms with Crippen molar-refractivity contribution >= 4 is 11.6 Å². The third-order valence-corrected chi connectivity index (χ3v) is 3.97. The molecule has 0 saturated heterocycles. The standard InChI is InChI=1S/C18H16F3N3O2/c1-11-16(17(26)22-9-8-12-2-5-14(25)6-3-12)24-10-13(18(19,20)21)4-7-15(24)23-11/h2-7,10,25H,8-9H2,1H3,(H,22,26). The molecular weight excluding hydrogens is 347 g/mol. The molecule has 0 aliphatic rings. The molecule has 2 aromatic heterocycles. The van der Waals surface area contributed by atoms with Gasteiger partial charge in [0.1, 0.15) is 17.1 Å². The average Bonchev–Trinajstić information content (AvgIpc) is 2.90. The van der Waals surface area contributed by atoms with Crippen molar-refractivity contribution < 1.29 is 23.1 Å². The molecule has 0 spiro atoms. The van der Waals surface area contributed by atoms with Gasteiger partial charge in [0.05, 0.1) is 11.3 Å². The number of alkyl halides is 3. The lowest BCUT2D eigenvalue weighted by Gasteiger charge is -2.09. The molecule has 0 aliphatic carbocycles. The van der Waals surface area contributed by atoms with Gasteiger partial charge in [-0.2, -0.15) is 13.2 Å². The Hall–Kier alpha value is -3.03. The number of nitrogens with one attached hydrogen (secondary N) is 1. The van der Waals surface area contributed by atoms with E-state index in [1.807, 2.05) is 0 Å². The summed E-state index contributed by atoms with van der Waals surface area (Å²) in [6.07, 6.45) is -3.10. The largest absolute Gasteiger partial charge is 0.508 e. The summed E-state index contributed by atoms with van der Waals surface area (Å²) in [7, 11) is 0. The number of imidazole rings is 1. The number of phenols is 1. The highest BCUT2D eigenvalue weighted by Gasteiger charge is 2.31. The lowest BCUT2D eigenvalue weighted by molar-refractivity contribution is -0.137. The van der Waals surface area contributed by atoms with Crippen molar-refractivity contribution in [3.8, 4) is 5.75 Å². The maximum atomic E-state index is 12.9. The van der Waals surface area contributed by atoms with Crippen molar-refractivity contribution in [2.45, 2.75) is 19.5 Å². The fourth-order valence-electron chi connectivity index (χ4n) is 2.67. The molecule has 0 atom stereocenters. The van der Waals surface area contributed by atoms with E-state index in [0.29, 0.717) is 18.7 Å². The molecular formula is C18H16F3N3O2. The van der Waals surface area contributed by atoms with Crippen LogP contribution >= 0.6 is 0 Å². The zero-order chi connectivity index (χ0) is 18.9. The molecule has 26 heavy (non-hydrogen) atoms. The molecule has 0 saturated carbocycles. The van der Waals surface area contributed by atoms with Gasteiger partial charge in [-0.25, -0.2) is 4.98 Å². The van der Waals surface area contributed by atoms with Crippen LogP contribution in [0.3, 0.4) is 0 Å². The molecule has 0 bridgehead atoms. The van der Waals surface area contributed by atoms with Crippen molar-refractivity contribution in [2.24, 2.45) is 0 Å². The average molecular weight is 363 g/mol. The second kappa shape index (κ2) is 6.70. The summed E-state index contributed by atoms with van der Waals surface area (Å²) in [5.41, 5.74) is 0.778.